The van der Waals surface area contributed by atoms with Crippen molar-refractivity contribution in [3.8, 4) is 0 Å². The second-order valence-electron chi connectivity index (χ2n) is 3.68. The van der Waals surface area contributed by atoms with Crippen molar-refractivity contribution in [3.63, 3.8) is 0 Å². The third kappa shape index (κ3) is 2.59. The Hall–Kier alpha value is -0.840. The number of hydrogen-bond donors (Lipinski definition) is 1. The first-order valence-corrected chi connectivity index (χ1v) is 5.20. The molecule has 1 aliphatic heterocycles. The minimum Gasteiger partial charge on any atom is -1.00 e. The molecular formula is C10H16BrN3O. The summed E-state index contributed by atoms with van der Waals surface area (Å²) in [5.74, 6) is 0. The molecule has 1 aliphatic rings. The number of carbonyl (C=O) groups excluding carboxylic acids is 1. The fraction of sp³-hybridized carbons (Fsp3) is 0.600. The first-order valence-electron chi connectivity index (χ1n) is 5.20. The molecule has 15 heavy (non-hydrogen) atoms. The van der Waals surface area contributed by atoms with Crippen LogP contribution in [0.25, 0.3) is 0 Å². The van der Waals surface area contributed by atoms with E-state index in [1.165, 1.54) is 6.42 Å². The number of nitrogens with one attached hydrogen (secondary N) is 1. The Balaban J connectivity index is 0.00000112. The maximum atomic E-state index is 11.4. The minimum absolute atomic E-state index is 0. The summed E-state index contributed by atoms with van der Waals surface area (Å²) in [6, 6.07) is 0.00139. The second kappa shape index (κ2) is 5.30. The Kier molecular flexibility index (Phi) is 4.32. The van der Waals surface area contributed by atoms with E-state index in [1.807, 2.05) is 6.33 Å². The molecule has 0 bridgehead atoms. The van der Waals surface area contributed by atoms with Gasteiger partial charge in [-0.3, -0.25) is 0 Å². The number of nitrogens with zero attached hydrogens (tertiary/aromatic N) is 2. The largest absolute Gasteiger partial charge is 1.00 e. The monoisotopic (exact) mass is 273 g/mol. The molecule has 1 aromatic heterocycles. The molecule has 0 atom stereocenters. The van der Waals surface area contributed by atoms with Gasteiger partial charge >= 0.3 is 6.03 Å². The summed E-state index contributed by atoms with van der Waals surface area (Å²) >= 11 is 0. The Labute approximate surface area is 100 Å². The lowest BCUT2D eigenvalue weighted by Crippen LogP contribution is -3.00. The Morgan fingerprint density at radius 1 is 1.60 bits per heavy atom. The molecular weight excluding hydrogens is 258 g/mol. The van der Waals surface area contributed by atoms with E-state index >= 15 is 0 Å². The van der Waals surface area contributed by atoms with Crippen LogP contribution in [0.15, 0.2) is 12.5 Å². The summed E-state index contributed by atoms with van der Waals surface area (Å²) in [5, 5.41) is 2.82. The van der Waals surface area contributed by atoms with Crippen molar-refractivity contribution in [1.29, 1.82) is 0 Å². The van der Waals surface area contributed by atoms with Crippen LogP contribution in [0.3, 0.4) is 0 Å². The molecule has 1 amide bonds. The minimum atomic E-state index is 0. The van der Waals surface area contributed by atoms with Crippen molar-refractivity contribution in [3.05, 3.63) is 18.2 Å². The zero-order valence-corrected chi connectivity index (χ0v) is 10.5. The van der Waals surface area contributed by atoms with E-state index in [2.05, 4.69) is 23.0 Å². The number of aromatic nitrogens is 2. The van der Waals surface area contributed by atoms with E-state index in [1.54, 1.807) is 4.57 Å². The normalized spacial score (nSPS) is 14.1. The maximum Gasteiger partial charge on any atom is 0.413 e. The van der Waals surface area contributed by atoms with Crippen LogP contribution < -0.4 is 26.9 Å². The lowest BCUT2D eigenvalue weighted by atomic mass is 10.3. The zero-order valence-electron chi connectivity index (χ0n) is 8.87. The van der Waals surface area contributed by atoms with Gasteiger partial charge in [0, 0.05) is 13.0 Å². The molecule has 0 saturated carbocycles. The van der Waals surface area contributed by atoms with Gasteiger partial charge in [-0.25, -0.2) is 9.36 Å². The number of carbonyl (C=O) groups is 1. The molecule has 0 unspecified atom stereocenters. The molecule has 84 valence electrons. The number of fused-ring (bicyclic) bond motifs is 1. The van der Waals surface area contributed by atoms with Crippen LogP contribution in [0.2, 0.25) is 0 Å². The van der Waals surface area contributed by atoms with Gasteiger partial charge in [0.15, 0.2) is 5.69 Å². The predicted octanol–water partition coefficient (Wildman–Crippen LogP) is -2.31. The van der Waals surface area contributed by atoms with Crippen molar-refractivity contribution in [2.24, 2.45) is 0 Å². The van der Waals surface area contributed by atoms with E-state index in [9.17, 15) is 4.79 Å². The van der Waals surface area contributed by atoms with Crippen LogP contribution in [0, 0.1) is 0 Å². The fourth-order valence-corrected chi connectivity index (χ4v) is 1.72. The highest BCUT2D eigenvalue weighted by Gasteiger charge is 2.23. The highest BCUT2D eigenvalue weighted by Crippen LogP contribution is 2.03. The second-order valence-corrected chi connectivity index (χ2v) is 3.68. The zero-order chi connectivity index (χ0) is 9.97. The van der Waals surface area contributed by atoms with Gasteiger partial charge in [0.2, 0.25) is 0 Å². The van der Waals surface area contributed by atoms with E-state index in [-0.39, 0.29) is 23.0 Å². The summed E-state index contributed by atoms with van der Waals surface area (Å²) in [7, 11) is 0. The highest BCUT2D eigenvalue weighted by molar-refractivity contribution is 5.77. The standard InChI is InChI=1S/C10H15N3O.BrH/c1-2-3-6-12-7-9-4-5-11-10(14)13(9)8-12;/h7-8H,2-6H2,1H3;1H. The SMILES string of the molecule is CCCC[n+]1cc2n(c1)C(=O)NCC2.[Br-]. The summed E-state index contributed by atoms with van der Waals surface area (Å²) < 4.78 is 3.81. The molecule has 0 radical (unpaired) electrons. The van der Waals surface area contributed by atoms with E-state index in [4.69, 9.17) is 0 Å². The van der Waals surface area contributed by atoms with Gasteiger partial charge in [-0.05, 0) is 6.42 Å². The number of aryl methyl sites for hydroxylation is 1. The number of hydrogen-bond acceptors (Lipinski definition) is 1. The average Bonchev–Trinajstić information content (AvgIpc) is 2.59. The maximum absolute atomic E-state index is 11.4. The summed E-state index contributed by atoms with van der Waals surface area (Å²) in [5.41, 5.74) is 1.12. The summed E-state index contributed by atoms with van der Waals surface area (Å²) in [4.78, 5) is 11.4. The van der Waals surface area contributed by atoms with Gasteiger partial charge in [-0.2, -0.15) is 0 Å². The highest BCUT2D eigenvalue weighted by atomic mass is 79.9. The van der Waals surface area contributed by atoms with Crippen molar-refractivity contribution in [1.82, 2.24) is 9.88 Å². The molecule has 4 nitrogen and oxygen atoms in total. The first-order chi connectivity index (χ1) is 6.81. The number of rotatable bonds is 3. The number of imidazole rings is 1. The van der Waals surface area contributed by atoms with Gasteiger partial charge in [0.05, 0.1) is 6.54 Å². The van der Waals surface area contributed by atoms with Gasteiger partial charge in [0.25, 0.3) is 6.33 Å². The van der Waals surface area contributed by atoms with Crippen LogP contribution >= 0.6 is 0 Å². The summed E-state index contributed by atoms with van der Waals surface area (Å²) in [6.07, 6.45) is 7.24. The molecule has 0 spiro atoms. The van der Waals surface area contributed by atoms with Gasteiger partial charge in [0.1, 0.15) is 6.20 Å². The third-order valence-corrected chi connectivity index (χ3v) is 2.53. The van der Waals surface area contributed by atoms with Crippen molar-refractivity contribution >= 4 is 6.03 Å². The number of unbranched alkanes of at least 4 members (excludes halogenated alkanes) is 1. The Morgan fingerprint density at radius 2 is 2.40 bits per heavy atom. The van der Waals surface area contributed by atoms with Crippen LogP contribution in [-0.2, 0) is 13.0 Å². The van der Waals surface area contributed by atoms with Gasteiger partial charge < -0.3 is 22.3 Å². The number of halogens is 1. The van der Waals surface area contributed by atoms with Crippen LogP contribution in [0.4, 0.5) is 4.79 Å². The van der Waals surface area contributed by atoms with Crippen LogP contribution in [0.1, 0.15) is 25.5 Å². The first kappa shape index (κ1) is 12.2. The Bertz CT molecular complexity index is 348. The molecule has 0 aliphatic carbocycles. The van der Waals surface area contributed by atoms with Crippen molar-refractivity contribution in [2.45, 2.75) is 32.7 Å². The van der Waals surface area contributed by atoms with E-state index in [0.29, 0.717) is 0 Å². The lowest BCUT2D eigenvalue weighted by molar-refractivity contribution is -0.696. The molecule has 1 aromatic rings. The number of amides is 1. The van der Waals surface area contributed by atoms with Gasteiger partial charge in [-0.1, -0.05) is 13.3 Å². The lowest BCUT2D eigenvalue weighted by Gasteiger charge is -2.07. The quantitative estimate of drug-likeness (QED) is 0.618. The molecule has 2 rings (SSSR count). The molecule has 0 fully saturated rings. The van der Waals surface area contributed by atoms with E-state index < -0.39 is 0 Å². The molecule has 0 saturated heterocycles. The average molecular weight is 274 g/mol. The molecule has 2 heterocycles. The van der Waals surface area contributed by atoms with E-state index in [0.717, 1.165) is 31.6 Å². The van der Waals surface area contributed by atoms with Crippen molar-refractivity contribution in [2.75, 3.05) is 6.54 Å². The molecule has 1 N–H and O–H groups in total. The van der Waals surface area contributed by atoms with Crippen molar-refractivity contribution < 1.29 is 26.3 Å². The topological polar surface area (TPSA) is 37.9 Å². The third-order valence-electron chi connectivity index (χ3n) is 2.53. The molecule has 5 heteroatoms. The fourth-order valence-electron chi connectivity index (χ4n) is 1.72. The smallest absolute Gasteiger partial charge is 0.413 e. The predicted molar refractivity (Wildman–Crippen MR) is 52.0 cm³/mol. The molecule has 0 aromatic carbocycles. The van der Waals surface area contributed by atoms with Crippen LogP contribution in [0.5, 0.6) is 0 Å². The van der Waals surface area contributed by atoms with Gasteiger partial charge in [-0.15, -0.1) is 4.57 Å². The summed E-state index contributed by atoms with van der Waals surface area (Å²) in [6.45, 7) is 3.93. The van der Waals surface area contributed by atoms with Crippen LogP contribution in [-0.4, -0.2) is 17.1 Å². The Morgan fingerprint density at radius 3 is 3.07 bits per heavy atom.